The van der Waals surface area contributed by atoms with E-state index in [1.807, 2.05) is 29.2 Å². The summed E-state index contributed by atoms with van der Waals surface area (Å²) in [4.78, 5) is 16.1. The van der Waals surface area contributed by atoms with Crippen LogP contribution in [0.2, 0.25) is 10.0 Å². The first-order valence-electron chi connectivity index (χ1n) is 7.12. The number of likely N-dealkylation sites (tertiary alicyclic amines) is 1. The number of amides is 1. The van der Waals surface area contributed by atoms with Crippen molar-refractivity contribution in [2.24, 2.45) is 11.7 Å². The van der Waals surface area contributed by atoms with Crippen molar-refractivity contribution in [3.8, 4) is 10.4 Å². The average Bonchev–Trinajstić information content (AvgIpc) is 3.15. The number of halogens is 3. The first kappa shape index (κ1) is 18.6. The molecule has 0 saturated carbocycles. The van der Waals surface area contributed by atoms with Crippen LogP contribution in [0.15, 0.2) is 30.3 Å². The lowest BCUT2D eigenvalue weighted by atomic mass is 10.1. The minimum Gasteiger partial charge on any atom is -0.338 e. The topological polar surface area (TPSA) is 46.3 Å². The van der Waals surface area contributed by atoms with Gasteiger partial charge in [0.1, 0.15) is 0 Å². The third-order valence-corrected chi connectivity index (χ3v) is 5.43. The Balaban J connectivity index is 0.00000192. The van der Waals surface area contributed by atoms with Crippen LogP contribution in [0.4, 0.5) is 0 Å². The Labute approximate surface area is 155 Å². The average molecular weight is 392 g/mol. The van der Waals surface area contributed by atoms with Gasteiger partial charge >= 0.3 is 0 Å². The van der Waals surface area contributed by atoms with Crippen LogP contribution >= 0.6 is 46.9 Å². The van der Waals surface area contributed by atoms with Crippen molar-refractivity contribution < 1.29 is 4.79 Å². The molecule has 1 aromatic carbocycles. The van der Waals surface area contributed by atoms with E-state index < -0.39 is 0 Å². The van der Waals surface area contributed by atoms with Gasteiger partial charge in [0.2, 0.25) is 0 Å². The van der Waals surface area contributed by atoms with Crippen LogP contribution in [0.5, 0.6) is 0 Å². The molecule has 2 heterocycles. The second kappa shape index (κ2) is 7.86. The molecule has 1 saturated heterocycles. The van der Waals surface area contributed by atoms with Crippen LogP contribution < -0.4 is 5.73 Å². The van der Waals surface area contributed by atoms with Crippen LogP contribution in [-0.4, -0.2) is 30.4 Å². The molecule has 7 heteroatoms. The van der Waals surface area contributed by atoms with E-state index in [0.717, 1.165) is 34.8 Å². The Morgan fingerprint density at radius 2 is 1.96 bits per heavy atom. The fourth-order valence-electron chi connectivity index (χ4n) is 2.67. The zero-order chi connectivity index (χ0) is 15.7. The number of carbonyl (C=O) groups excluding carboxylic acids is 1. The fourth-order valence-corrected chi connectivity index (χ4v) is 4.16. The lowest BCUT2D eigenvalue weighted by Gasteiger charge is -2.14. The van der Waals surface area contributed by atoms with Crippen molar-refractivity contribution in [2.45, 2.75) is 6.42 Å². The van der Waals surface area contributed by atoms with E-state index in [4.69, 9.17) is 28.9 Å². The zero-order valence-corrected chi connectivity index (χ0v) is 15.4. The van der Waals surface area contributed by atoms with Crippen molar-refractivity contribution >= 4 is 52.9 Å². The predicted octanol–water partition coefficient (Wildman–Crippen LogP) is 4.56. The lowest BCUT2D eigenvalue weighted by Crippen LogP contribution is -2.29. The highest BCUT2D eigenvalue weighted by Gasteiger charge is 2.26. The highest BCUT2D eigenvalue weighted by Crippen LogP contribution is 2.33. The van der Waals surface area contributed by atoms with Crippen LogP contribution in [0.25, 0.3) is 10.4 Å². The van der Waals surface area contributed by atoms with E-state index >= 15 is 0 Å². The van der Waals surface area contributed by atoms with E-state index in [9.17, 15) is 4.79 Å². The van der Waals surface area contributed by atoms with Gasteiger partial charge < -0.3 is 10.6 Å². The SMILES string of the molecule is Cl.NCC1CCN(C(=O)c2ccc(-c3cc(Cl)cc(Cl)c3)s2)C1. The highest BCUT2D eigenvalue weighted by molar-refractivity contribution is 7.17. The molecule has 1 aliphatic heterocycles. The molecule has 1 aromatic heterocycles. The van der Waals surface area contributed by atoms with Crippen LogP contribution in [-0.2, 0) is 0 Å². The van der Waals surface area contributed by atoms with E-state index in [2.05, 4.69) is 0 Å². The Morgan fingerprint density at radius 1 is 1.26 bits per heavy atom. The molecule has 0 bridgehead atoms. The molecule has 1 amide bonds. The molecule has 3 nitrogen and oxygen atoms in total. The lowest BCUT2D eigenvalue weighted by molar-refractivity contribution is 0.0792. The standard InChI is InChI=1S/C16H16Cl2N2OS.ClH/c17-12-5-11(6-13(18)7-12)14-1-2-15(22-14)16(21)20-4-3-10(8-19)9-20;/h1-2,5-7,10H,3-4,8-9,19H2;1H. The van der Waals surface area contributed by atoms with Crippen molar-refractivity contribution in [3.63, 3.8) is 0 Å². The third kappa shape index (κ3) is 4.20. The Hall–Kier alpha value is -0.780. The molecular formula is C16H17Cl3N2OS. The molecular weight excluding hydrogens is 375 g/mol. The molecule has 1 aliphatic rings. The number of carbonyl (C=O) groups is 1. The van der Waals surface area contributed by atoms with E-state index in [0.29, 0.717) is 22.5 Å². The number of rotatable bonds is 3. The quantitative estimate of drug-likeness (QED) is 0.833. The number of thiophene rings is 1. The van der Waals surface area contributed by atoms with Crippen LogP contribution in [0.1, 0.15) is 16.1 Å². The summed E-state index contributed by atoms with van der Waals surface area (Å²) in [6.07, 6.45) is 0.990. The molecule has 2 aromatic rings. The summed E-state index contributed by atoms with van der Waals surface area (Å²) in [5.74, 6) is 0.510. The Morgan fingerprint density at radius 3 is 2.57 bits per heavy atom. The van der Waals surface area contributed by atoms with E-state index in [1.54, 1.807) is 6.07 Å². The molecule has 0 aliphatic carbocycles. The summed E-state index contributed by atoms with van der Waals surface area (Å²) in [5, 5.41) is 1.18. The van der Waals surface area contributed by atoms with Crippen molar-refractivity contribution in [1.82, 2.24) is 4.90 Å². The maximum Gasteiger partial charge on any atom is 0.263 e. The summed E-state index contributed by atoms with van der Waals surface area (Å²) in [6.45, 7) is 2.18. The van der Waals surface area contributed by atoms with Gasteiger partial charge in [-0.15, -0.1) is 23.7 Å². The van der Waals surface area contributed by atoms with E-state index in [1.165, 1.54) is 11.3 Å². The van der Waals surface area contributed by atoms with Crippen LogP contribution in [0, 0.1) is 5.92 Å². The molecule has 0 radical (unpaired) electrons. The molecule has 1 atom stereocenters. The van der Waals surface area contributed by atoms with Crippen molar-refractivity contribution in [3.05, 3.63) is 45.3 Å². The predicted molar refractivity (Wildman–Crippen MR) is 100 cm³/mol. The van der Waals surface area contributed by atoms with Gasteiger partial charge in [-0.25, -0.2) is 0 Å². The van der Waals surface area contributed by atoms with Crippen molar-refractivity contribution in [2.75, 3.05) is 19.6 Å². The highest BCUT2D eigenvalue weighted by atomic mass is 35.5. The van der Waals surface area contributed by atoms with Gasteiger partial charge in [0.15, 0.2) is 0 Å². The van der Waals surface area contributed by atoms with Gasteiger partial charge in [-0.2, -0.15) is 0 Å². The molecule has 23 heavy (non-hydrogen) atoms. The molecule has 1 unspecified atom stereocenters. The van der Waals surface area contributed by atoms with Gasteiger partial charge in [0, 0.05) is 28.0 Å². The first-order valence-corrected chi connectivity index (χ1v) is 8.69. The van der Waals surface area contributed by atoms with Crippen molar-refractivity contribution in [1.29, 1.82) is 0 Å². The van der Waals surface area contributed by atoms with Crippen LogP contribution in [0.3, 0.4) is 0 Å². The summed E-state index contributed by atoms with van der Waals surface area (Å²) in [6, 6.07) is 9.22. The Kier molecular flexibility index (Phi) is 6.34. The fraction of sp³-hybridized carbons (Fsp3) is 0.312. The largest absolute Gasteiger partial charge is 0.338 e. The maximum atomic E-state index is 12.5. The maximum absolute atomic E-state index is 12.5. The number of hydrogen-bond acceptors (Lipinski definition) is 3. The first-order chi connectivity index (χ1) is 10.6. The van der Waals surface area contributed by atoms with Gasteiger partial charge in [-0.05, 0) is 54.8 Å². The summed E-state index contributed by atoms with van der Waals surface area (Å²) >= 11 is 13.5. The molecule has 1 fully saturated rings. The number of hydrogen-bond donors (Lipinski definition) is 1. The second-order valence-corrected chi connectivity index (χ2v) is 7.42. The number of benzene rings is 1. The molecule has 3 rings (SSSR count). The zero-order valence-electron chi connectivity index (χ0n) is 12.3. The monoisotopic (exact) mass is 390 g/mol. The minimum absolute atomic E-state index is 0. The van der Waals surface area contributed by atoms with Gasteiger partial charge in [0.25, 0.3) is 5.91 Å². The third-order valence-electron chi connectivity index (χ3n) is 3.87. The molecule has 0 spiro atoms. The number of nitrogens with two attached hydrogens (primary N) is 1. The van der Waals surface area contributed by atoms with Gasteiger partial charge in [-0.3, -0.25) is 4.79 Å². The molecule has 2 N–H and O–H groups in total. The minimum atomic E-state index is 0. The number of nitrogens with zero attached hydrogens (tertiary/aromatic N) is 1. The smallest absolute Gasteiger partial charge is 0.263 e. The van der Waals surface area contributed by atoms with E-state index in [-0.39, 0.29) is 18.3 Å². The summed E-state index contributed by atoms with van der Waals surface area (Å²) in [5.41, 5.74) is 6.62. The normalized spacial score (nSPS) is 17.2. The molecule has 124 valence electrons. The van der Waals surface area contributed by atoms with Gasteiger partial charge in [0.05, 0.1) is 4.88 Å². The van der Waals surface area contributed by atoms with Gasteiger partial charge in [-0.1, -0.05) is 23.2 Å². The summed E-state index contributed by atoms with van der Waals surface area (Å²) < 4.78 is 0. The second-order valence-electron chi connectivity index (χ2n) is 5.46. The summed E-state index contributed by atoms with van der Waals surface area (Å²) in [7, 11) is 0. The Bertz CT molecular complexity index is 684.